The molecule has 1 aromatic heterocycles. The number of nitrogens with one attached hydrogen (secondary N) is 2. The second-order valence-corrected chi connectivity index (χ2v) is 5.61. The van der Waals surface area contributed by atoms with E-state index in [4.69, 9.17) is 16.3 Å². The minimum absolute atomic E-state index is 0.147. The van der Waals surface area contributed by atoms with Gasteiger partial charge in [0.2, 0.25) is 0 Å². The van der Waals surface area contributed by atoms with Crippen molar-refractivity contribution in [3.8, 4) is 5.75 Å². The number of fused-ring (bicyclic) bond motifs is 1. The monoisotopic (exact) mass is 328 g/mol. The van der Waals surface area contributed by atoms with E-state index < -0.39 is 0 Å². The van der Waals surface area contributed by atoms with Gasteiger partial charge in [-0.15, -0.1) is 0 Å². The lowest BCUT2D eigenvalue weighted by Crippen LogP contribution is -2.23. The first kappa shape index (κ1) is 15.4. The van der Waals surface area contributed by atoms with Crippen LogP contribution in [0, 0.1) is 0 Å². The van der Waals surface area contributed by atoms with Crippen LogP contribution in [0.25, 0.3) is 10.9 Å². The molecule has 0 radical (unpaired) electrons. The highest BCUT2D eigenvalue weighted by Gasteiger charge is 2.09. The highest BCUT2D eigenvalue weighted by molar-refractivity contribution is 6.31. The van der Waals surface area contributed by atoms with E-state index in [1.807, 2.05) is 43.3 Å². The second-order valence-electron chi connectivity index (χ2n) is 5.17. The third kappa shape index (κ3) is 3.66. The summed E-state index contributed by atoms with van der Waals surface area (Å²) in [6.07, 6.45) is 0. The van der Waals surface area contributed by atoms with Crippen LogP contribution in [-0.4, -0.2) is 17.5 Å². The van der Waals surface area contributed by atoms with Gasteiger partial charge >= 0.3 is 0 Å². The molecule has 0 fully saturated rings. The molecule has 3 rings (SSSR count). The Hall–Kier alpha value is -2.46. The Kier molecular flexibility index (Phi) is 4.53. The summed E-state index contributed by atoms with van der Waals surface area (Å²) < 4.78 is 5.40. The van der Waals surface area contributed by atoms with Crippen LogP contribution in [0.2, 0.25) is 5.02 Å². The van der Waals surface area contributed by atoms with Crippen LogP contribution in [0.15, 0.2) is 48.5 Å². The maximum absolute atomic E-state index is 12.2. The standard InChI is InChI=1S/C18H17ClN2O2/c1-2-23-15-6-3-12(4-7-15)11-20-18(22)17-10-13-9-14(19)5-8-16(13)21-17/h3-10,21H,2,11H2,1H3,(H,20,22). The predicted octanol–water partition coefficient (Wildman–Crippen LogP) is 4.15. The molecule has 0 atom stereocenters. The van der Waals surface area contributed by atoms with Gasteiger partial charge in [0.1, 0.15) is 11.4 Å². The molecule has 2 aromatic carbocycles. The van der Waals surface area contributed by atoms with E-state index >= 15 is 0 Å². The van der Waals surface area contributed by atoms with Gasteiger partial charge in [0.25, 0.3) is 5.91 Å². The van der Waals surface area contributed by atoms with Gasteiger partial charge < -0.3 is 15.0 Å². The Morgan fingerprint density at radius 1 is 1.17 bits per heavy atom. The first-order chi connectivity index (χ1) is 11.2. The van der Waals surface area contributed by atoms with E-state index in [1.165, 1.54) is 0 Å². The third-order valence-electron chi connectivity index (χ3n) is 3.51. The minimum Gasteiger partial charge on any atom is -0.494 e. The normalized spacial score (nSPS) is 10.7. The zero-order valence-corrected chi connectivity index (χ0v) is 13.5. The molecule has 0 spiro atoms. The Labute approximate surface area is 139 Å². The van der Waals surface area contributed by atoms with Crippen molar-refractivity contribution in [1.29, 1.82) is 0 Å². The quantitative estimate of drug-likeness (QED) is 0.739. The maximum Gasteiger partial charge on any atom is 0.267 e. The van der Waals surface area contributed by atoms with Crippen molar-refractivity contribution in [2.75, 3.05) is 6.61 Å². The molecule has 2 N–H and O–H groups in total. The molecular weight excluding hydrogens is 312 g/mol. The summed E-state index contributed by atoms with van der Waals surface area (Å²) in [5.74, 6) is 0.682. The molecule has 4 nitrogen and oxygen atoms in total. The summed E-state index contributed by atoms with van der Waals surface area (Å²) in [6.45, 7) is 3.05. The molecule has 0 aliphatic carbocycles. The molecule has 0 unspecified atom stereocenters. The van der Waals surface area contributed by atoms with Crippen LogP contribution < -0.4 is 10.1 Å². The number of aromatic amines is 1. The Morgan fingerprint density at radius 2 is 1.96 bits per heavy atom. The molecule has 5 heteroatoms. The number of benzene rings is 2. The molecule has 0 saturated heterocycles. The summed E-state index contributed by atoms with van der Waals surface area (Å²) in [5, 5.41) is 4.47. The topological polar surface area (TPSA) is 54.1 Å². The van der Waals surface area contributed by atoms with Gasteiger partial charge in [-0.3, -0.25) is 4.79 Å². The molecule has 3 aromatic rings. The van der Waals surface area contributed by atoms with E-state index in [2.05, 4.69) is 10.3 Å². The fourth-order valence-corrected chi connectivity index (χ4v) is 2.55. The van der Waals surface area contributed by atoms with Gasteiger partial charge in [-0.25, -0.2) is 0 Å². The molecule has 118 valence electrons. The molecule has 0 saturated carbocycles. The van der Waals surface area contributed by atoms with E-state index in [1.54, 1.807) is 12.1 Å². The van der Waals surface area contributed by atoms with Gasteiger partial charge in [0.05, 0.1) is 6.61 Å². The Morgan fingerprint density at radius 3 is 2.70 bits per heavy atom. The van der Waals surface area contributed by atoms with Crippen molar-refractivity contribution < 1.29 is 9.53 Å². The number of ether oxygens (including phenoxy) is 1. The fraction of sp³-hybridized carbons (Fsp3) is 0.167. The first-order valence-electron chi connectivity index (χ1n) is 7.44. The molecule has 1 heterocycles. The lowest BCUT2D eigenvalue weighted by atomic mass is 10.2. The number of amides is 1. The average molecular weight is 329 g/mol. The highest BCUT2D eigenvalue weighted by atomic mass is 35.5. The number of aromatic nitrogens is 1. The summed E-state index contributed by atoms with van der Waals surface area (Å²) in [4.78, 5) is 15.3. The lowest BCUT2D eigenvalue weighted by molar-refractivity contribution is 0.0947. The van der Waals surface area contributed by atoms with Crippen LogP contribution in [0.1, 0.15) is 23.0 Å². The number of carbonyl (C=O) groups is 1. The summed E-state index contributed by atoms with van der Waals surface area (Å²) >= 11 is 5.96. The maximum atomic E-state index is 12.2. The van der Waals surface area contributed by atoms with Crippen molar-refractivity contribution >= 4 is 28.4 Å². The van der Waals surface area contributed by atoms with Crippen molar-refractivity contribution in [3.05, 3.63) is 64.8 Å². The number of hydrogen-bond donors (Lipinski definition) is 2. The number of rotatable bonds is 5. The van der Waals surface area contributed by atoms with Crippen molar-refractivity contribution in [2.24, 2.45) is 0 Å². The summed E-state index contributed by atoms with van der Waals surface area (Å²) in [6, 6.07) is 15.0. The first-order valence-corrected chi connectivity index (χ1v) is 7.81. The molecular formula is C18H17ClN2O2. The van der Waals surface area contributed by atoms with Crippen LogP contribution in [0.3, 0.4) is 0 Å². The van der Waals surface area contributed by atoms with Crippen LogP contribution in [0.5, 0.6) is 5.75 Å². The van der Waals surface area contributed by atoms with Crippen LogP contribution in [-0.2, 0) is 6.54 Å². The number of H-pyrrole nitrogens is 1. The molecule has 0 bridgehead atoms. The van der Waals surface area contributed by atoms with E-state index in [-0.39, 0.29) is 5.91 Å². The average Bonchev–Trinajstić information content (AvgIpc) is 2.97. The third-order valence-corrected chi connectivity index (χ3v) is 3.75. The number of carbonyl (C=O) groups excluding carboxylic acids is 1. The molecule has 23 heavy (non-hydrogen) atoms. The van der Waals surface area contributed by atoms with Gasteiger partial charge in [-0.05, 0) is 48.9 Å². The number of halogens is 1. The van der Waals surface area contributed by atoms with E-state index in [9.17, 15) is 4.79 Å². The van der Waals surface area contributed by atoms with E-state index in [0.717, 1.165) is 22.2 Å². The zero-order valence-electron chi connectivity index (χ0n) is 12.7. The lowest BCUT2D eigenvalue weighted by Gasteiger charge is -2.06. The summed E-state index contributed by atoms with van der Waals surface area (Å²) in [7, 11) is 0. The van der Waals surface area contributed by atoms with Crippen molar-refractivity contribution in [2.45, 2.75) is 13.5 Å². The van der Waals surface area contributed by atoms with Crippen LogP contribution >= 0.6 is 11.6 Å². The second kappa shape index (κ2) is 6.75. The van der Waals surface area contributed by atoms with Gasteiger partial charge in [-0.1, -0.05) is 23.7 Å². The summed E-state index contributed by atoms with van der Waals surface area (Å²) in [5.41, 5.74) is 2.43. The SMILES string of the molecule is CCOc1ccc(CNC(=O)c2cc3cc(Cl)ccc3[nH]2)cc1. The molecule has 1 amide bonds. The number of hydrogen-bond acceptors (Lipinski definition) is 2. The fourth-order valence-electron chi connectivity index (χ4n) is 2.37. The van der Waals surface area contributed by atoms with Gasteiger partial charge in [0.15, 0.2) is 0 Å². The Bertz CT molecular complexity index is 825. The smallest absolute Gasteiger partial charge is 0.267 e. The van der Waals surface area contributed by atoms with Gasteiger partial charge in [-0.2, -0.15) is 0 Å². The van der Waals surface area contributed by atoms with Gasteiger partial charge in [0, 0.05) is 22.5 Å². The Balaban J connectivity index is 1.65. The highest BCUT2D eigenvalue weighted by Crippen LogP contribution is 2.20. The van der Waals surface area contributed by atoms with Crippen LogP contribution in [0.4, 0.5) is 0 Å². The van der Waals surface area contributed by atoms with Crippen molar-refractivity contribution in [1.82, 2.24) is 10.3 Å². The zero-order chi connectivity index (χ0) is 16.2. The molecule has 0 aliphatic heterocycles. The minimum atomic E-state index is -0.147. The largest absolute Gasteiger partial charge is 0.494 e. The van der Waals surface area contributed by atoms with E-state index in [0.29, 0.717) is 23.9 Å². The molecule has 0 aliphatic rings. The van der Waals surface area contributed by atoms with Crippen molar-refractivity contribution in [3.63, 3.8) is 0 Å². The predicted molar refractivity (Wildman–Crippen MR) is 92.1 cm³/mol.